The van der Waals surface area contributed by atoms with Crippen LogP contribution in [-0.2, 0) is 5.75 Å². The molecule has 4 aromatic rings. The van der Waals surface area contributed by atoms with E-state index in [2.05, 4.69) is 16.0 Å². The van der Waals surface area contributed by atoms with Crippen molar-refractivity contribution in [3.63, 3.8) is 0 Å². The van der Waals surface area contributed by atoms with Gasteiger partial charge in [-0.1, -0.05) is 42.1 Å². The molecular weight excluding hydrogens is 430 g/mol. The summed E-state index contributed by atoms with van der Waals surface area (Å²) in [7, 11) is 0. The number of nitriles is 1. The molecule has 1 aliphatic rings. The lowest BCUT2D eigenvalue weighted by molar-refractivity contribution is 0.174. The number of hydrogen-bond donors (Lipinski definition) is 1. The van der Waals surface area contributed by atoms with Gasteiger partial charge in [0.25, 0.3) is 0 Å². The van der Waals surface area contributed by atoms with Crippen LogP contribution in [0.1, 0.15) is 11.3 Å². The van der Waals surface area contributed by atoms with Gasteiger partial charge < -0.3 is 15.2 Å². The molecule has 2 aromatic heterocycles. The third-order valence-electron chi connectivity index (χ3n) is 4.60. The molecule has 0 spiro atoms. The first-order chi connectivity index (χ1) is 15.2. The third kappa shape index (κ3) is 3.91. The second kappa shape index (κ2) is 8.26. The summed E-state index contributed by atoms with van der Waals surface area (Å²) in [5, 5.41) is 13.1. The van der Waals surface area contributed by atoms with E-state index in [-0.39, 0.29) is 18.2 Å². The minimum absolute atomic E-state index is 0.149. The molecule has 0 aliphatic carbocycles. The first-order valence-corrected chi connectivity index (χ1v) is 11.2. The molecule has 0 saturated carbocycles. The molecule has 152 valence electrons. The molecule has 1 aliphatic heterocycles. The number of thiazole rings is 1. The van der Waals surface area contributed by atoms with Crippen molar-refractivity contribution in [2.24, 2.45) is 0 Å². The normalized spacial score (nSPS) is 12.0. The van der Waals surface area contributed by atoms with Crippen LogP contribution in [0.15, 0.2) is 59.1 Å². The van der Waals surface area contributed by atoms with Crippen LogP contribution in [0, 0.1) is 11.3 Å². The Morgan fingerprint density at radius 3 is 2.71 bits per heavy atom. The van der Waals surface area contributed by atoms with E-state index >= 15 is 0 Å². The highest BCUT2D eigenvalue weighted by Crippen LogP contribution is 2.37. The summed E-state index contributed by atoms with van der Waals surface area (Å²) in [6, 6.07) is 17.6. The van der Waals surface area contributed by atoms with Crippen LogP contribution >= 0.6 is 23.1 Å². The zero-order chi connectivity index (χ0) is 21.2. The first-order valence-electron chi connectivity index (χ1n) is 9.31. The smallest absolute Gasteiger partial charge is 0.231 e. The van der Waals surface area contributed by atoms with Gasteiger partial charge in [0.15, 0.2) is 16.7 Å². The number of fused-ring (bicyclic) bond motifs is 1. The lowest BCUT2D eigenvalue weighted by Gasteiger charge is -2.09. The number of thioether (sulfide) groups is 1. The predicted octanol–water partition coefficient (Wildman–Crippen LogP) is 4.74. The van der Waals surface area contributed by atoms with Gasteiger partial charge >= 0.3 is 0 Å². The molecule has 0 amide bonds. The van der Waals surface area contributed by atoms with Crippen LogP contribution in [0.3, 0.4) is 0 Å². The Bertz CT molecular complexity index is 1300. The minimum Gasteiger partial charge on any atom is -0.454 e. The fraction of sp³-hybridized carbons (Fsp3) is 0.0909. The summed E-state index contributed by atoms with van der Waals surface area (Å²) in [6.45, 7) is 0.176. The second-order valence-electron chi connectivity index (χ2n) is 6.59. The lowest BCUT2D eigenvalue weighted by atomic mass is 10.1. The number of hydrogen-bond acceptors (Lipinski definition) is 9. The summed E-state index contributed by atoms with van der Waals surface area (Å²) in [5.41, 5.74) is 9.53. The van der Waals surface area contributed by atoms with Gasteiger partial charge in [-0.2, -0.15) is 5.26 Å². The summed E-state index contributed by atoms with van der Waals surface area (Å²) in [6.07, 6.45) is 0. The molecule has 0 atom stereocenters. The van der Waals surface area contributed by atoms with Crippen LogP contribution in [0.25, 0.3) is 21.8 Å². The fourth-order valence-electron chi connectivity index (χ4n) is 3.11. The number of nitrogens with two attached hydrogens (primary N) is 1. The zero-order valence-corrected chi connectivity index (χ0v) is 17.7. The Kier molecular flexibility index (Phi) is 5.16. The van der Waals surface area contributed by atoms with Crippen LogP contribution < -0.4 is 15.2 Å². The van der Waals surface area contributed by atoms with Gasteiger partial charge in [0.05, 0.1) is 11.4 Å². The van der Waals surface area contributed by atoms with Crippen molar-refractivity contribution in [1.29, 1.82) is 5.26 Å². The summed E-state index contributed by atoms with van der Waals surface area (Å²) >= 11 is 3.03. The van der Waals surface area contributed by atoms with Crippen molar-refractivity contribution < 1.29 is 9.47 Å². The van der Waals surface area contributed by atoms with Gasteiger partial charge in [0.1, 0.15) is 22.5 Å². The molecule has 31 heavy (non-hydrogen) atoms. The lowest BCUT2D eigenvalue weighted by Crippen LogP contribution is -2.02. The van der Waals surface area contributed by atoms with E-state index in [0.29, 0.717) is 28.1 Å². The molecule has 0 fully saturated rings. The molecule has 0 bridgehead atoms. The van der Waals surface area contributed by atoms with E-state index in [4.69, 9.17) is 20.2 Å². The fourth-order valence-corrected chi connectivity index (χ4v) is 4.78. The standard InChI is InChI=1S/C22H15N5O2S2/c23-9-16-19(14-6-7-17-18(8-14)29-12-28-17)26-22(27-20(16)24)31-11-15-10-30-21(25-15)13-4-2-1-3-5-13/h1-8,10H,11-12H2,(H2,24,26,27). The van der Waals surface area contributed by atoms with E-state index in [0.717, 1.165) is 21.8 Å². The predicted molar refractivity (Wildman–Crippen MR) is 120 cm³/mol. The van der Waals surface area contributed by atoms with Gasteiger partial charge in [-0.15, -0.1) is 11.3 Å². The number of nitrogen functional groups attached to an aromatic ring is 1. The minimum atomic E-state index is 0.149. The van der Waals surface area contributed by atoms with Crippen LogP contribution in [0.5, 0.6) is 11.5 Å². The van der Waals surface area contributed by atoms with Gasteiger partial charge in [0, 0.05) is 22.3 Å². The van der Waals surface area contributed by atoms with Crippen molar-refractivity contribution in [1.82, 2.24) is 15.0 Å². The number of benzene rings is 2. The average molecular weight is 446 g/mol. The highest BCUT2D eigenvalue weighted by atomic mass is 32.2. The number of rotatable bonds is 5. The quantitative estimate of drug-likeness (QED) is 0.347. The van der Waals surface area contributed by atoms with Gasteiger partial charge in [-0.3, -0.25) is 0 Å². The monoisotopic (exact) mass is 445 g/mol. The highest BCUT2D eigenvalue weighted by Gasteiger charge is 2.19. The molecule has 2 N–H and O–H groups in total. The van der Waals surface area contributed by atoms with E-state index in [1.165, 1.54) is 11.8 Å². The average Bonchev–Trinajstić information content (AvgIpc) is 3.47. The second-order valence-corrected chi connectivity index (χ2v) is 8.39. The molecular formula is C22H15N5O2S2. The van der Waals surface area contributed by atoms with E-state index in [1.54, 1.807) is 23.5 Å². The Morgan fingerprint density at radius 2 is 1.87 bits per heavy atom. The number of ether oxygens (including phenoxy) is 2. The maximum absolute atomic E-state index is 9.58. The first kappa shape index (κ1) is 19.4. The molecule has 7 nitrogen and oxygen atoms in total. The van der Waals surface area contributed by atoms with Crippen molar-refractivity contribution in [3.8, 4) is 39.4 Å². The van der Waals surface area contributed by atoms with Crippen molar-refractivity contribution in [2.45, 2.75) is 10.9 Å². The number of aromatic nitrogens is 3. The summed E-state index contributed by atoms with van der Waals surface area (Å²) < 4.78 is 10.8. The van der Waals surface area contributed by atoms with Crippen LogP contribution in [0.2, 0.25) is 0 Å². The Hall–Kier alpha value is -3.61. The van der Waals surface area contributed by atoms with Crippen molar-refractivity contribution in [3.05, 3.63) is 65.2 Å². The van der Waals surface area contributed by atoms with E-state index in [1.807, 2.05) is 41.8 Å². The van der Waals surface area contributed by atoms with E-state index in [9.17, 15) is 5.26 Å². The van der Waals surface area contributed by atoms with E-state index < -0.39 is 0 Å². The molecule has 3 heterocycles. The van der Waals surface area contributed by atoms with Crippen molar-refractivity contribution >= 4 is 28.9 Å². The largest absolute Gasteiger partial charge is 0.454 e. The van der Waals surface area contributed by atoms with Crippen molar-refractivity contribution in [2.75, 3.05) is 12.5 Å². The molecule has 0 radical (unpaired) electrons. The molecule has 0 unspecified atom stereocenters. The van der Waals surface area contributed by atoms with Gasteiger partial charge in [0.2, 0.25) is 6.79 Å². The van der Waals surface area contributed by atoms with Gasteiger partial charge in [-0.05, 0) is 18.2 Å². The Labute approximate surface area is 186 Å². The Balaban J connectivity index is 1.41. The molecule has 5 rings (SSSR count). The zero-order valence-electron chi connectivity index (χ0n) is 16.1. The number of nitrogens with zero attached hydrogens (tertiary/aromatic N) is 4. The SMILES string of the molecule is N#Cc1c(N)nc(SCc2csc(-c3ccccc3)n2)nc1-c1ccc2c(c1)OCO2. The maximum Gasteiger partial charge on any atom is 0.231 e. The molecule has 9 heteroatoms. The molecule has 2 aromatic carbocycles. The maximum atomic E-state index is 9.58. The van der Waals surface area contributed by atoms with Crippen LogP contribution in [0.4, 0.5) is 5.82 Å². The van der Waals surface area contributed by atoms with Crippen LogP contribution in [-0.4, -0.2) is 21.7 Å². The summed E-state index contributed by atoms with van der Waals surface area (Å²) in [4.78, 5) is 13.6. The van der Waals surface area contributed by atoms with Gasteiger partial charge in [-0.25, -0.2) is 15.0 Å². The molecule has 0 saturated heterocycles. The Morgan fingerprint density at radius 1 is 1.03 bits per heavy atom. The third-order valence-corrected chi connectivity index (χ3v) is 6.42. The highest BCUT2D eigenvalue weighted by molar-refractivity contribution is 7.98. The topological polar surface area (TPSA) is 107 Å². The summed E-state index contributed by atoms with van der Waals surface area (Å²) in [5.74, 6) is 2.02. The number of anilines is 1.